The van der Waals surface area contributed by atoms with E-state index in [0.717, 1.165) is 13.0 Å². The molecule has 2 rings (SSSR count). The van der Waals surface area contributed by atoms with Crippen molar-refractivity contribution in [3.8, 4) is 5.75 Å². The van der Waals surface area contributed by atoms with Crippen LogP contribution in [0.2, 0.25) is 0 Å². The van der Waals surface area contributed by atoms with Crippen molar-refractivity contribution in [3.63, 3.8) is 0 Å². The molecule has 1 fully saturated rings. The van der Waals surface area contributed by atoms with Gasteiger partial charge in [-0.2, -0.15) is 0 Å². The Hall–Kier alpha value is -1.88. The van der Waals surface area contributed by atoms with Gasteiger partial charge in [0.15, 0.2) is 0 Å². The van der Waals surface area contributed by atoms with Crippen LogP contribution in [-0.2, 0) is 9.59 Å². The second-order valence-corrected chi connectivity index (χ2v) is 6.48. The van der Waals surface area contributed by atoms with Crippen LogP contribution in [0.25, 0.3) is 0 Å². The number of unbranched alkanes of at least 4 members (excludes halogenated alkanes) is 5. The summed E-state index contributed by atoms with van der Waals surface area (Å²) in [4.78, 5) is 26.2. The number of hydrogen-bond donors (Lipinski definition) is 1. The summed E-state index contributed by atoms with van der Waals surface area (Å²) in [6.45, 7) is 5.44. The molecule has 1 aliphatic rings. The molecule has 25 heavy (non-hydrogen) atoms. The SMILES string of the molecule is CCCCCCCCN[C@@H]1CC(=O)N(c2cccc(OCC)c2)C1=O. The highest BCUT2D eigenvalue weighted by Crippen LogP contribution is 2.26. The minimum Gasteiger partial charge on any atom is -0.494 e. The molecule has 1 saturated heterocycles. The van der Waals surface area contributed by atoms with E-state index in [2.05, 4.69) is 12.2 Å². The second-order valence-electron chi connectivity index (χ2n) is 6.48. The van der Waals surface area contributed by atoms with Gasteiger partial charge in [0.2, 0.25) is 5.91 Å². The minimum absolute atomic E-state index is 0.154. The monoisotopic (exact) mass is 346 g/mol. The van der Waals surface area contributed by atoms with Gasteiger partial charge in [-0.25, -0.2) is 4.90 Å². The predicted octanol–water partition coefficient (Wildman–Crippen LogP) is 3.67. The number of ether oxygens (including phenoxy) is 1. The molecule has 1 heterocycles. The molecule has 5 nitrogen and oxygen atoms in total. The van der Waals surface area contributed by atoms with E-state index in [1.807, 2.05) is 13.0 Å². The topological polar surface area (TPSA) is 58.6 Å². The minimum atomic E-state index is -0.404. The second kappa shape index (κ2) is 10.2. The largest absolute Gasteiger partial charge is 0.494 e. The number of carbonyl (C=O) groups is 2. The molecule has 1 N–H and O–H groups in total. The third kappa shape index (κ3) is 5.56. The molecule has 0 unspecified atom stereocenters. The van der Waals surface area contributed by atoms with Gasteiger partial charge in [0.25, 0.3) is 5.91 Å². The standard InChI is InChI=1S/C20H30N2O3/c1-3-5-6-7-8-9-13-21-18-15-19(23)22(20(18)24)16-11-10-12-17(14-16)25-4-2/h10-12,14,18,21H,3-9,13,15H2,1-2H3/t18-/m1/s1. The van der Waals surface area contributed by atoms with Gasteiger partial charge in [-0.3, -0.25) is 9.59 Å². The van der Waals surface area contributed by atoms with Crippen molar-refractivity contribution < 1.29 is 14.3 Å². The highest BCUT2D eigenvalue weighted by atomic mass is 16.5. The number of anilines is 1. The Bertz CT molecular complexity index is 574. The van der Waals surface area contributed by atoms with Crippen molar-refractivity contribution in [2.75, 3.05) is 18.1 Å². The van der Waals surface area contributed by atoms with Crippen LogP contribution in [0.3, 0.4) is 0 Å². The smallest absolute Gasteiger partial charge is 0.251 e. The number of hydrogen-bond acceptors (Lipinski definition) is 4. The molecule has 0 radical (unpaired) electrons. The summed E-state index contributed by atoms with van der Waals surface area (Å²) in [5.74, 6) is 0.354. The van der Waals surface area contributed by atoms with Crippen LogP contribution >= 0.6 is 0 Å². The number of rotatable bonds is 11. The molecule has 2 amide bonds. The first-order valence-corrected chi connectivity index (χ1v) is 9.50. The summed E-state index contributed by atoms with van der Waals surface area (Å²) < 4.78 is 5.46. The van der Waals surface area contributed by atoms with Gasteiger partial charge in [0.1, 0.15) is 5.75 Å². The molecular weight excluding hydrogens is 316 g/mol. The number of nitrogens with one attached hydrogen (secondary N) is 1. The van der Waals surface area contributed by atoms with Crippen molar-refractivity contribution >= 4 is 17.5 Å². The van der Waals surface area contributed by atoms with Crippen LogP contribution in [0.15, 0.2) is 24.3 Å². The van der Waals surface area contributed by atoms with Crippen LogP contribution in [0.1, 0.15) is 58.8 Å². The first kappa shape index (κ1) is 19.4. The van der Waals surface area contributed by atoms with E-state index in [1.54, 1.807) is 18.2 Å². The molecule has 0 aliphatic carbocycles. The zero-order valence-electron chi connectivity index (χ0n) is 15.4. The van der Waals surface area contributed by atoms with Gasteiger partial charge in [-0.1, -0.05) is 45.1 Å². The molecule has 5 heteroatoms. The maximum atomic E-state index is 12.6. The Kier molecular flexibility index (Phi) is 7.92. The molecule has 1 aromatic rings. The molecule has 1 aliphatic heterocycles. The van der Waals surface area contributed by atoms with Crippen LogP contribution in [0, 0.1) is 0 Å². The van der Waals surface area contributed by atoms with Gasteiger partial charge in [0.05, 0.1) is 24.8 Å². The van der Waals surface area contributed by atoms with Gasteiger partial charge in [-0.15, -0.1) is 0 Å². The summed E-state index contributed by atoms with van der Waals surface area (Å²) in [5, 5.41) is 3.25. The highest BCUT2D eigenvalue weighted by Gasteiger charge is 2.39. The van der Waals surface area contributed by atoms with Crippen LogP contribution in [0.4, 0.5) is 5.69 Å². The summed E-state index contributed by atoms with van der Waals surface area (Å²) in [6, 6.07) is 6.74. The van der Waals surface area contributed by atoms with Gasteiger partial charge >= 0.3 is 0 Å². The Morgan fingerprint density at radius 2 is 1.88 bits per heavy atom. The van der Waals surface area contributed by atoms with Crippen molar-refractivity contribution in [1.82, 2.24) is 5.32 Å². The lowest BCUT2D eigenvalue weighted by Crippen LogP contribution is -2.39. The van der Waals surface area contributed by atoms with Crippen LogP contribution in [0.5, 0.6) is 5.75 Å². The number of amides is 2. The van der Waals surface area contributed by atoms with Crippen LogP contribution < -0.4 is 15.0 Å². The predicted molar refractivity (Wildman–Crippen MR) is 99.9 cm³/mol. The molecule has 0 spiro atoms. The summed E-state index contributed by atoms with van der Waals surface area (Å²) >= 11 is 0. The fourth-order valence-electron chi connectivity index (χ4n) is 3.12. The lowest BCUT2D eigenvalue weighted by atomic mass is 10.1. The molecule has 0 aromatic heterocycles. The Morgan fingerprint density at radius 1 is 1.12 bits per heavy atom. The van der Waals surface area contributed by atoms with Crippen molar-refractivity contribution in [2.45, 2.75) is 64.8 Å². The van der Waals surface area contributed by atoms with E-state index in [-0.39, 0.29) is 18.2 Å². The van der Waals surface area contributed by atoms with Gasteiger partial charge in [-0.05, 0) is 32.0 Å². The number of imide groups is 1. The quantitative estimate of drug-likeness (QED) is 0.491. The molecular formula is C20H30N2O3. The average Bonchev–Trinajstić information content (AvgIpc) is 2.88. The molecule has 1 atom stereocenters. The van der Waals surface area contributed by atoms with E-state index >= 15 is 0 Å². The summed E-state index contributed by atoms with van der Waals surface area (Å²) in [6.07, 6.45) is 7.50. The maximum absolute atomic E-state index is 12.6. The van der Waals surface area contributed by atoms with E-state index in [0.29, 0.717) is 18.0 Å². The van der Waals surface area contributed by atoms with Gasteiger partial charge in [0, 0.05) is 6.07 Å². The zero-order chi connectivity index (χ0) is 18.1. The average molecular weight is 346 g/mol. The normalized spacial score (nSPS) is 17.4. The molecule has 1 aromatic carbocycles. The number of benzene rings is 1. The zero-order valence-corrected chi connectivity index (χ0v) is 15.4. The van der Waals surface area contributed by atoms with Crippen LogP contribution in [-0.4, -0.2) is 31.0 Å². The Balaban J connectivity index is 1.84. The van der Waals surface area contributed by atoms with E-state index in [9.17, 15) is 9.59 Å². The van der Waals surface area contributed by atoms with Crippen molar-refractivity contribution in [1.29, 1.82) is 0 Å². The lowest BCUT2D eigenvalue weighted by Gasteiger charge is -2.16. The summed E-state index contributed by atoms with van der Waals surface area (Å²) in [7, 11) is 0. The van der Waals surface area contributed by atoms with Crippen molar-refractivity contribution in [3.05, 3.63) is 24.3 Å². The fraction of sp³-hybridized carbons (Fsp3) is 0.600. The first-order valence-electron chi connectivity index (χ1n) is 9.50. The van der Waals surface area contributed by atoms with E-state index in [1.165, 1.54) is 37.0 Å². The van der Waals surface area contributed by atoms with Crippen molar-refractivity contribution in [2.24, 2.45) is 0 Å². The summed E-state index contributed by atoms with van der Waals surface area (Å²) in [5.41, 5.74) is 0.588. The number of nitrogens with zero attached hydrogens (tertiary/aromatic N) is 1. The molecule has 138 valence electrons. The Labute approximate surface area is 150 Å². The third-order valence-electron chi connectivity index (χ3n) is 4.45. The van der Waals surface area contributed by atoms with E-state index < -0.39 is 6.04 Å². The third-order valence-corrected chi connectivity index (χ3v) is 4.45. The number of carbonyl (C=O) groups excluding carboxylic acids is 2. The van der Waals surface area contributed by atoms with Gasteiger partial charge < -0.3 is 10.1 Å². The lowest BCUT2D eigenvalue weighted by molar-refractivity contribution is -0.121. The fourth-order valence-corrected chi connectivity index (χ4v) is 3.12. The van der Waals surface area contributed by atoms with E-state index in [4.69, 9.17) is 4.74 Å². The highest BCUT2D eigenvalue weighted by molar-refractivity contribution is 6.22. The maximum Gasteiger partial charge on any atom is 0.251 e. The molecule has 0 bridgehead atoms. The molecule has 0 saturated carbocycles. The first-order chi connectivity index (χ1) is 12.2. The Morgan fingerprint density at radius 3 is 2.64 bits per heavy atom.